The van der Waals surface area contributed by atoms with Crippen LogP contribution in [0.4, 0.5) is 0 Å². The fourth-order valence-corrected chi connectivity index (χ4v) is 7.64. The minimum atomic E-state index is -1.28. The molecule has 0 aliphatic heterocycles. The number of hydrogen-bond acceptors (Lipinski definition) is 5. The molecule has 4 atom stereocenters. The average molecular weight is 766 g/mol. The summed E-state index contributed by atoms with van der Waals surface area (Å²) in [6.07, 6.45) is 48.3. The van der Waals surface area contributed by atoms with E-state index < -0.39 is 36.9 Å². The third-order valence-electron chi connectivity index (χ3n) is 11.5. The van der Waals surface area contributed by atoms with E-state index in [0.717, 1.165) is 38.5 Å². The highest BCUT2D eigenvalue weighted by molar-refractivity contribution is 5.80. The number of allylic oxidation sites excluding steroid dienone is 2. The number of unbranched alkanes of at least 4 members (excludes halogenated alkanes) is 33. The molecule has 0 aliphatic rings. The van der Waals surface area contributed by atoms with E-state index in [1.54, 1.807) is 0 Å². The van der Waals surface area contributed by atoms with Crippen LogP contribution in [0.25, 0.3) is 0 Å². The van der Waals surface area contributed by atoms with Crippen molar-refractivity contribution in [1.29, 1.82) is 0 Å². The summed E-state index contributed by atoms with van der Waals surface area (Å²) in [7, 11) is 0. The van der Waals surface area contributed by atoms with Crippen molar-refractivity contribution in [1.82, 2.24) is 5.32 Å². The van der Waals surface area contributed by atoms with Crippen LogP contribution < -0.4 is 5.32 Å². The van der Waals surface area contributed by atoms with Crippen LogP contribution in [0, 0.1) is 0 Å². The van der Waals surface area contributed by atoms with Crippen molar-refractivity contribution < 1.29 is 25.2 Å². The molecule has 0 saturated heterocycles. The summed E-state index contributed by atoms with van der Waals surface area (Å²) in [5.41, 5.74) is 0. The predicted octanol–water partition coefficient (Wildman–Crippen LogP) is 13.0. The molecular formula is C48H95NO5. The minimum Gasteiger partial charge on any atom is -0.394 e. The SMILES string of the molecule is CCCCCCCCCCCCCCCCCCCCC/C=C/CCCC(O)C(O)C(CO)NC(=O)C(O)CCCCCCCCCCCCCCCC. The molecule has 0 spiro atoms. The van der Waals surface area contributed by atoms with E-state index in [-0.39, 0.29) is 0 Å². The van der Waals surface area contributed by atoms with E-state index in [2.05, 4.69) is 31.3 Å². The second-order valence-electron chi connectivity index (χ2n) is 16.8. The third-order valence-corrected chi connectivity index (χ3v) is 11.5. The number of amides is 1. The van der Waals surface area contributed by atoms with Crippen LogP contribution in [0.3, 0.4) is 0 Å². The maximum atomic E-state index is 12.5. The molecule has 0 aromatic rings. The lowest BCUT2D eigenvalue weighted by molar-refractivity contribution is -0.132. The summed E-state index contributed by atoms with van der Waals surface area (Å²) in [5.74, 6) is -0.590. The maximum absolute atomic E-state index is 12.5. The van der Waals surface area contributed by atoms with Gasteiger partial charge in [0.2, 0.25) is 5.91 Å². The summed E-state index contributed by atoms with van der Waals surface area (Å²) in [6, 6.07) is -0.997. The van der Waals surface area contributed by atoms with Gasteiger partial charge in [0, 0.05) is 0 Å². The van der Waals surface area contributed by atoms with Crippen molar-refractivity contribution in [3.05, 3.63) is 12.2 Å². The van der Waals surface area contributed by atoms with E-state index >= 15 is 0 Å². The van der Waals surface area contributed by atoms with Crippen LogP contribution in [0.15, 0.2) is 12.2 Å². The largest absolute Gasteiger partial charge is 0.394 e. The predicted molar refractivity (Wildman–Crippen MR) is 233 cm³/mol. The van der Waals surface area contributed by atoms with Crippen LogP contribution in [0.1, 0.15) is 258 Å². The topological polar surface area (TPSA) is 110 Å². The Hall–Kier alpha value is -0.950. The zero-order chi connectivity index (χ0) is 39.6. The van der Waals surface area contributed by atoms with Gasteiger partial charge in [-0.05, 0) is 38.5 Å². The molecule has 0 aromatic carbocycles. The first kappa shape index (κ1) is 53.0. The molecule has 0 radical (unpaired) electrons. The van der Waals surface area contributed by atoms with Crippen LogP contribution in [0.2, 0.25) is 0 Å². The highest BCUT2D eigenvalue weighted by atomic mass is 16.3. The Morgan fingerprint density at radius 1 is 0.444 bits per heavy atom. The second kappa shape index (κ2) is 43.2. The summed E-state index contributed by atoms with van der Waals surface area (Å²) in [6.45, 7) is 4.06. The Morgan fingerprint density at radius 2 is 0.759 bits per heavy atom. The quantitative estimate of drug-likeness (QED) is 0.0313. The molecule has 0 fully saturated rings. The van der Waals surface area contributed by atoms with Crippen LogP contribution in [-0.2, 0) is 4.79 Å². The molecule has 54 heavy (non-hydrogen) atoms. The summed E-state index contributed by atoms with van der Waals surface area (Å²) < 4.78 is 0. The number of carbonyl (C=O) groups excluding carboxylic acids is 1. The number of aliphatic hydroxyl groups excluding tert-OH is 4. The van der Waals surface area contributed by atoms with E-state index in [0.29, 0.717) is 12.8 Å². The Bertz CT molecular complexity index is 776. The Balaban J connectivity index is 3.68. The number of rotatable bonds is 44. The molecule has 6 nitrogen and oxygen atoms in total. The monoisotopic (exact) mass is 766 g/mol. The zero-order valence-corrected chi connectivity index (χ0v) is 36.2. The van der Waals surface area contributed by atoms with Crippen LogP contribution in [-0.4, -0.2) is 57.3 Å². The molecule has 4 unspecified atom stereocenters. The van der Waals surface area contributed by atoms with E-state index in [4.69, 9.17) is 0 Å². The standard InChI is InChI=1S/C48H95NO5/c1-3-5-7-9-11-13-15-17-19-20-21-22-23-24-25-26-27-28-30-31-33-35-37-39-41-45(51)47(53)44(43-50)49-48(54)46(52)42-40-38-36-34-32-29-18-16-14-12-10-8-6-4-2/h33,35,44-47,50-53H,3-32,34,36-43H2,1-2H3,(H,49,54)/b35-33+. The van der Waals surface area contributed by atoms with Crippen molar-refractivity contribution >= 4 is 5.91 Å². The second-order valence-corrected chi connectivity index (χ2v) is 16.8. The molecule has 5 N–H and O–H groups in total. The van der Waals surface area contributed by atoms with Gasteiger partial charge >= 0.3 is 0 Å². The number of hydrogen-bond donors (Lipinski definition) is 5. The smallest absolute Gasteiger partial charge is 0.249 e. The molecule has 6 heteroatoms. The van der Waals surface area contributed by atoms with Crippen LogP contribution in [0.5, 0.6) is 0 Å². The van der Waals surface area contributed by atoms with Gasteiger partial charge in [-0.3, -0.25) is 4.79 Å². The molecule has 0 aliphatic carbocycles. The fourth-order valence-electron chi connectivity index (χ4n) is 7.64. The van der Waals surface area contributed by atoms with Crippen molar-refractivity contribution in [2.75, 3.05) is 6.61 Å². The summed E-state index contributed by atoms with van der Waals surface area (Å²) in [4.78, 5) is 12.5. The van der Waals surface area contributed by atoms with Gasteiger partial charge < -0.3 is 25.7 Å². The number of nitrogens with one attached hydrogen (secondary N) is 1. The molecule has 322 valence electrons. The van der Waals surface area contributed by atoms with Gasteiger partial charge in [-0.1, -0.05) is 231 Å². The molecule has 0 aromatic heterocycles. The molecule has 0 saturated carbocycles. The third kappa shape index (κ3) is 36.7. The lowest BCUT2D eigenvalue weighted by Crippen LogP contribution is -2.53. The Labute approximate surface area is 336 Å². The normalized spacial score (nSPS) is 14.1. The Kier molecular flexibility index (Phi) is 42.4. The molecular weight excluding hydrogens is 671 g/mol. The highest BCUT2D eigenvalue weighted by Crippen LogP contribution is 2.17. The fraction of sp³-hybridized carbons (Fsp3) is 0.938. The van der Waals surface area contributed by atoms with Crippen molar-refractivity contribution in [2.45, 2.75) is 282 Å². The van der Waals surface area contributed by atoms with Gasteiger partial charge in [0.05, 0.1) is 18.8 Å². The summed E-state index contributed by atoms with van der Waals surface area (Å²) >= 11 is 0. The maximum Gasteiger partial charge on any atom is 0.249 e. The van der Waals surface area contributed by atoms with Crippen molar-refractivity contribution in [3.63, 3.8) is 0 Å². The molecule has 1 amide bonds. The zero-order valence-electron chi connectivity index (χ0n) is 36.2. The Morgan fingerprint density at radius 3 is 1.11 bits per heavy atom. The summed E-state index contributed by atoms with van der Waals surface area (Å²) in [5, 5.41) is 43.7. The van der Waals surface area contributed by atoms with E-state index in [9.17, 15) is 25.2 Å². The molecule has 0 bridgehead atoms. The highest BCUT2D eigenvalue weighted by Gasteiger charge is 2.28. The van der Waals surface area contributed by atoms with E-state index in [1.807, 2.05) is 0 Å². The van der Waals surface area contributed by atoms with Gasteiger partial charge in [0.25, 0.3) is 0 Å². The van der Waals surface area contributed by atoms with Gasteiger partial charge in [-0.15, -0.1) is 0 Å². The van der Waals surface area contributed by atoms with Gasteiger partial charge in [-0.25, -0.2) is 0 Å². The number of aliphatic hydroxyl groups is 4. The molecule has 0 rings (SSSR count). The minimum absolute atomic E-state index is 0.368. The first-order valence-corrected chi connectivity index (χ1v) is 24.1. The lowest BCUT2D eigenvalue weighted by atomic mass is 10.00. The van der Waals surface area contributed by atoms with Gasteiger partial charge in [0.1, 0.15) is 12.2 Å². The van der Waals surface area contributed by atoms with Gasteiger partial charge in [0.15, 0.2) is 0 Å². The van der Waals surface area contributed by atoms with Crippen molar-refractivity contribution in [2.24, 2.45) is 0 Å². The molecule has 0 heterocycles. The number of carbonyl (C=O) groups is 1. The van der Waals surface area contributed by atoms with Crippen LogP contribution >= 0.6 is 0 Å². The average Bonchev–Trinajstić information content (AvgIpc) is 3.18. The van der Waals surface area contributed by atoms with Crippen molar-refractivity contribution in [3.8, 4) is 0 Å². The first-order valence-electron chi connectivity index (χ1n) is 24.1. The first-order chi connectivity index (χ1) is 26.5. The van der Waals surface area contributed by atoms with Gasteiger partial charge in [-0.2, -0.15) is 0 Å². The lowest BCUT2D eigenvalue weighted by Gasteiger charge is -2.27. The van der Waals surface area contributed by atoms with E-state index in [1.165, 1.54) is 193 Å².